The number of imidazole rings is 2. The Kier molecular flexibility index (Phi) is 43.0. The van der Waals surface area contributed by atoms with Crippen LogP contribution in [0.1, 0.15) is 49.9 Å². The number of hydrogen-bond donors (Lipinski definition) is 14. The molecule has 0 spiro atoms. The third-order valence-electron chi connectivity index (χ3n) is 5.98. The Hall–Kier alpha value is -5.87. The van der Waals surface area contributed by atoms with Crippen LogP contribution in [0.4, 0.5) is 0 Å². The molecule has 32 heteroatoms. The maximum Gasteiger partial charge on any atom is 2.00 e. The van der Waals surface area contributed by atoms with Crippen LogP contribution >= 0.6 is 0 Å². The number of carboxylic acid groups (broad SMARTS) is 10. The molecule has 0 radical (unpaired) electrons. The molecule has 30 nitrogen and oxygen atoms in total. The fourth-order valence-corrected chi connectivity index (χ4v) is 2.77. The number of aromatic amines is 2. The van der Waals surface area contributed by atoms with E-state index < -0.39 is 109 Å². The second-order valence-electron chi connectivity index (χ2n) is 11.2. The quantitative estimate of drug-likeness (QED) is 0.0548. The van der Waals surface area contributed by atoms with Gasteiger partial charge in [-0.1, -0.05) is 0 Å². The van der Waals surface area contributed by atoms with Crippen LogP contribution in [0.15, 0.2) is 25.0 Å². The average Bonchev–Trinajstić information content (AvgIpc) is 3.85. The first-order chi connectivity index (χ1) is 27.5. The Morgan fingerprint density at radius 3 is 0.839 bits per heavy atom. The van der Waals surface area contributed by atoms with Crippen molar-refractivity contribution in [2.24, 2.45) is 34.4 Å². The number of aliphatic carboxylic acids is 10. The van der Waals surface area contributed by atoms with Crippen molar-refractivity contribution in [2.75, 3.05) is 0 Å². The number of H-pyrrole nitrogens is 2. The van der Waals surface area contributed by atoms with Gasteiger partial charge < -0.3 is 115 Å². The number of hydrogen-bond acceptors (Lipinski definition) is 22. The minimum absolute atomic E-state index is 0. The second-order valence-corrected chi connectivity index (χ2v) is 11.2. The molecule has 0 saturated heterocycles. The Morgan fingerprint density at radius 2 is 0.694 bits per heavy atom. The Bertz CT molecular complexity index is 1520. The summed E-state index contributed by atoms with van der Waals surface area (Å²) in [6, 6.07) is -6.60. The molecule has 0 bridgehead atoms. The van der Waals surface area contributed by atoms with Crippen LogP contribution in [0.2, 0.25) is 0 Å². The van der Waals surface area contributed by atoms with Crippen LogP contribution in [0.5, 0.6) is 0 Å². The van der Waals surface area contributed by atoms with E-state index in [0.717, 1.165) is 11.4 Å². The van der Waals surface area contributed by atoms with E-state index in [1.165, 1.54) is 12.7 Å². The summed E-state index contributed by atoms with van der Waals surface area (Å²) in [7, 11) is 0. The van der Waals surface area contributed by atoms with Gasteiger partial charge in [-0.3, -0.25) is 28.8 Å². The first-order valence-electron chi connectivity index (χ1n) is 16.2. The minimum atomic E-state index is -1.45. The van der Waals surface area contributed by atoms with Gasteiger partial charge in [-0.15, -0.1) is 0 Å². The Balaban J connectivity index is -0.000000151. The summed E-state index contributed by atoms with van der Waals surface area (Å²) in [6.45, 7) is 0. The maximum absolute atomic E-state index is 10.3. The summed E-state index contributed by atoms with van der Waals surface area (Å²) >= 11 is 0. The van der Waals surface area contributed by atoms with E-state index >= 15 is 0 Å². The molecule has 0 aliphatic carbocycles. The van der Waals surface area contributed by atoms with Crippen molar-refractivity contribution in [1.29, 1.82) is 0 Å². The SMILES string of the molecule is N[C@@H](CC(=O)[O-])C(=O)O.N[C@@H](CC(=O)[O-])C(=O)O.N[C@@H](CCC(=O)[O-])C(=O)O.N[C@@H](CCC(=O)[O-])C(=O)O.N[C@@H](Cc1cnc[nH]1)C(=O)O.N[C@@H](Cc1cnc[nH]1)C(=O)O.[Zn+2].[Zn+2]. The van der Waals surface area contributed by atoms with Crippen LogP contribution in [-0.4, -0.2) is 147 Å². The van der Waals surface area contributed by atoms with Crippen LogP contribution in [0.25, 0.3) is 0 Å². The molecule has 0 unspecified atom stereocenters. The Morgan fingerprint density at radius 1 is 0.452 bits per heavy atom. The van der Waals surface area contributed by atoms with Crippen LogP contribution in [0, 0.1) is 0 Å². The summed E-state index contributed by atoms with van der Waals surface area (Å²) in [4.78, 5) is 112. The first-order valence-corrected chi connectivity index (χ1v) is 16.2. The summed E-state index contributed by atoms with van der Waals surface area (Å²) in [5.41, 5.74) is 31.5. The molecule has 2 rings (SSSR count). The third-order valence-corrected chi connectivity index (χ3v) is 5.98. The molecule has 2 aromatic heterocycles. The van der Waals surface area contributed by atoms with E-state index in [2.05, 4.69) is 19.9 Å². The van der Waals surface area contributed by atoms with Crippen molar-refractivity contribution in [3.63, 3.8) is 0 Å². The van der Waals surface area contributed by atoms with Crippen LogP contribution in [0.3, 0.4) is 0 Å². The molecule has 2 aromatic rings. The number of aromatic nitrogens is 4. The molecule has 6 atom stereocenters. The van der Waals surface area contributed by atoms with E-state index in [1.807, 2.05) is 0 Å². The standard InChI is InChI=1S/2C6H9N3O2.2C5H9NO4.2C4H7NO4.2Zn/c2*7-5(6(10)11)1-4-2-8-3-9-4;2*6-3(5(9)10)1-2-4(7)8;2*5-2(4(8)9)1-3(6)7;;/h2*2-3,5H,1,7H2,(H,8,9)(H,10,11);2*3H,1-2,6H2,(H,7,8)(H,9,10);2*2H,1,5H2,(H,6,7)(H,8,9);;/q;;;;;;2*+2/p-4/t2*5-;2*3-;2*2-;;/m000000../s1. The van der Waals surface area contributed by atoms with E-state index in [1.54, 1.807) is 12.4 Å². The van der Waals surface area contributed by atoms with Crippen molar-refractivity contribution in [2.45, 2.75) is 87.6 Å². The molecule has 0 aliphatic rings. The molecular weight excluding hydrogens is 951 g/mol. The van der Waals surface area contributed by atoms with Gasteiger partial charge in [0, 0.05) is 73.3 Å². The van der Waals surface area contributed by atoms with Crippen molar-refractivity contribution < 1.29 is 138 Å². The van der Waals surface area contributed by atoms with Gasteiger partial charge >= 0.3 is 74.8 Å². The number of rotatable bonds is 20. The van der Waals surface area contributed by atoms with E-state index in [-0.39, 0.29) is 77.5 Å². The van der Waals surface area contributed by atoms with Gasteiger partial charge in [-0.05, 0) is 25.7 Å². The fraction of sp³-hybridized carbons (Fsp3) is 0.467. The van der Waals surface area contributed by atoms with E-state index in [0.29, 0.717) is 0 Å². The molecule has 62 heavy (non-hydrogen) atoms. The molecular formula is C30H46N10O20Zn2. The zero-order valence-corrected chi connectivity index (χ0v) is 38.5. The van der Waals surface area contributed by atoms with Gasteiger partial charge in [-0.2, -0.15) is 0 Å². The summed E-state index contributed by atoms with van der Waals surface area (Å²) in [5.74, 6) is -12.5. The number of carboxylic acids is 10. The predicted molar refractivity (Wildman–Crippen MR) is 186 cm³/mol. The minimum Gasteiger partial charge on any atom is -0.550 e. The zero-order chi connectivity index (χ0) is 47.7. The topological polar surface area (TPSA) is 598 Å². The molecule has 0 amide bonds. The molecule has 340 valence electrons. The van der Waals surface area contributed by atoms with Gasteiger partial charge in [0.2, 0.25) is 0 Å². The molecule has 0 aromatic carbocycles. The van der Waals surface area contributed by atoms with Crippen molar-refractivity contribution in [3.05, 3.63) is 36.4 Å². The van der Waals surface area contributed by atoms with Crippen molar-refractivity contribution in [1.82, 2.24) is 19.9 Å². The summed E-state index contributed by atoms with van der Waals surface area (Å²) < 4.78 is 0. The zero-order valence-electron chi connectivity index (χ0n) is 32.6. The van der Waals surface area contributed by atoms with Crippen LogP contribution in [-0.2, 0) is 99.7 Å². The van der Waals surface area contributed by atoms with Gasteiger partial charge in [0.05, 0.1) is 12.7 Å². The van der Waals surface area contributed by atoms with Crippen molar-refractivity contribution in [3.8, 4) is 0 Å². The number of nitrogens with zero attached hydrogens (tertiary/aromatic N) is 2. The number of nitrogens with one attached hydrogen (secondary N) is 2. The molecule has 20 N–H and O–H groups in total. The fourth-order valence-electron chi connectivity index (χ4n) is 2.77. The van der Waals surface area contributed by atoms with Gasteiger partial charge in [0.15, 0.2) is 0 Å². The number of carbonyl (C=O) groups is 10. The Labute approximate surface area is 374 Å². The molecule has 2 heterocycles. The van der Waals surface area contributed by atoms with Gasteiger partial charge in [0.25, 0.3) is 0 Å². The van der Waals surface area contributed by atoms with E-state index in [9.17, 15) is 68.4 Å². The first kappa shape index (κ1) is 67.9. The number of carbonyl (C=O) groups excluding carboxylic acids is 4. The van der Waals surface area contributed by atoms with Crippen molar-refractivity contribution >= 4 is 59.7 Å². The predicted octanol–water partition coefficient (Wildman–Crippen LogP) is -10.3. The maximum atomic E-state index is 10.3. The molecule has 0 saturated carbocycles. The van der Waals surface area contributed by atoms with Gasteiger partial charge in [0.1, 0.15) is 36.3 Å². The third kappa shape index (κ3) is 45.2. The number of nitrogens with two attached hydrogens (primary N) is 6. The van der Waals surface area contributed by atoms with E-state index in [4.69, 9.17) is 65.0 Å². The summed E-state index contributed by atoms with van der Waals surface area (Å²) in [6.07, 6.45) is 4.59. The summed E-state index contributed by atoms with van der Waals surface area (Å²) in [5, 5.41) is 88.0. The molecule has 0 aliphatic heterocycles. The van der Waals surface area contributed by atoms with Crippen LogP contribution < -0.4 is 54.8 Å². The smallest absolute Gasteiger partial charge is 0.550 e. The largest absolute Gasteiger partial charge is 2.00 e. The second kappa shape index (κ2) is 39.3. The average molecular weight is 998 g/mol. The molecule has 0 fully saturated rings. The normalized spacial score (nSPS) is 12.2. The van der Waals surface area contributed by atoms with Gasteiger partial charge in [-0.25, -0.2) is 9.97 Å². The monoisotopic (exact) mass is 994 g/mol.